The van der Waals surface area contributed by atoms with Crippen molar-refractivity contribution in [3.63, 3.8) is 0 Å². The van der Waals surface area contributed by atoms with Crippen molar-refractivity contribution in [2.24, 2.45) is 5.92 Å². The third-order valence-electron chi connectivity index (χ3n) is 6.09. The van der Waals surface area contributed by atoms with E-state index in [0.717, 1.165) is 6.42 Å². The predicted molar refractivity (Wildman–Crippen MR) is 147 cm³/mol. The molecule has 226 valence electrons. The Morgan fingerprint density at radius 1 is 0.821 bits per heavy atom. The van der Waals surface area contributed by atoms with E-state index in [2.05, 4.69) is 10.6 Å². The van der Waals surface area contributed by atoms with Gasteiger partial charge in [0.05, 0.1) is 50.8 Å². The molecule has 11 nitrogen and oxygen atoms in total. The molecule has 1 heterocycles. The second kappa shape index (κ2) is 19.9. The van der Waals surface area contributed by atoms with E-state index < -0.39 is 0 Å². The highest BCUT2D eigenvalue weighted by Gasteiger charge is 2.36. The van der Waals surface area contributed by atoms with E-state index in [4.69, 9.17) is 18.9 Å². The minimum atomic E-state index is -0.250. The van der Waals surface area contributed by atoms with E-state index in [1.54, 1.807) is 0 Å². The van der Waals surface area contributed by atoms with Gasteiger partial charge in [0.1, 0.15) is 12.4 Å². The zero-order valence-corrected chi connectivity index (χ0v) is 24.8. The first kappa shape index (κ1) is 34.9. The summed E-state index contributed by atoms with van der Waals surface area (Å²) in [7, 11) is 0. The lowest BCUT2D eigenvalue weighted by Crippen LogP contribution is -2.39. The van der Waals surface area contributed by atoms with E-state index in [1.165, 1.54) is 0 Å². The summed E-state index contributed by atoms with van der Waals surface area (Å²) < 4.78 is 22.4. The second-order valence-corrected chi connectivity index (χ2v) is 10.7. The van der Waals surface area contributed by atoms with E-state index in [-0.39, 0.29) is 79.8 Å². The van der Waals surface area contributed by atoms with Crippen LogP contribution in [0.3, 0.4) is 0 Å². The van der Waals surface area contributed by atoms with Gasteiger partial charge in [-0.05, 0) is 40.5 Å². The molecule has 0 aromatic carbocycles. The van der Waals surface area contributed by atoms with E-state index in [9.17, 15) is 19.2 Å². The number of hydrogen-bond acceptors (Lipinski definition) is 8. The van der Waals surface area contributed by atoms with Gasteiger partial charge in [-0.2, -0.15) is 0 Å². The van der Waals surface area contributed by atoms with Crippen LogP contribution in [-0.2, 0) is 38.1 Å². The summed E-state index contributed by atoms with van der Waals surface area (Å²) in [5.74, 6) is -0.364. The van der Waals surface area contributed by atoms with E-state index >= 15 is 0 Å². The minimum Gasteiger partial charge on any atom is -0.377 e. The molecule has 2 atom stereocenters. The number of nitrogens with zero attached hydrogens (tertiary/aromatic N) is 1. The quantitative estimate of drug-likeness (QED) is 0.204. The van der Waals surface area contributed by atoms with Crippen LogP contribution in [0.4, 0.5) is 0 Å². The number of carbonyl (C=O) groups is 4. The van der Waals surface area contributed by atoms with Crippen molar-refractivity contribution in [3.8, 4) is 0 Å². The highest BCUT2D eigenvalue weighted by Crippen LogP contribution is 2.23. The molecule has 0 unspecified atom stereocenters. The Morgan fingerprint density at radius 2 is 1.51 bits per heavy atom. The van der Waals surface area contributed by atoms with E-state index in [1.807, 2.05) is 46.4 Å². The number of carbonyl (C=O) groups excluding carboxylic acids is 4. The smallest absolute Gasteiger partial charge is 0.245 e. The normalized spacial score (nSPS) is 17.3. The van der Waals surface area contributed by atoms with Crippen molar-refractivity contribution in [2.45, 2.75) is 98.0 Å². The molecule has 0 bridgehead atoms. The molecule has 0 spiro atoms. The maximum absolute atomic E-state index is 12.8. The molecule has 0 aliphatic carbocycles. The van der Waals surface area contributed by atoms with Gasteiger partial charge in [0.2, 0.25) is 17.7 Å². The number of likely N-dealkylation sites (tertiary alicyclic amines) is 1. The van der Waals surface area contributed by atoms with Crippen molar-refractivity contribution in [1.29, 1.82) is 0 Å². The fourth-order valence-corrected chi connectivity index (χ4v) is 4.05. The van der Waals surface area contributed by atoms with Gasteiger partial charge in [0.15, 0.2) is 0 Å². The largest absolute Gasteiger partial charge is 0.377 e. The maximum Gasteiger partial charge on any atom is 0.245 e. The second-order valence-electron chi connectivity index (χ2n) is 10.7. The molecule has 1 aliphatic heterocycles. The Labute approximate surface area is 234 Å². The van der Waals surface area contributed by atoms with Crippen LogP contribution in [0.25, 0.3) is 0 Å². The Morgan fingerprint density at radius 3 is 2.18 bits per heavy atom. The van der Waals surface area contributed by atoms with E-state index in [0.29, 0.717) is 52.3 Å². The van der Waals surface area contributed by atoms with Crippen LogP contribution in [0.2, 0.25) is 0 Å². The van der Waals surface area contributed by atoms with Gasteiger partial charge in [-0.15, -0.1) is 0 Å². The zero-order chi connectivity index (χ0) is 29.2. The average molecular weight is 558 g/mol. The molecule has 0 aromatic heterocycles. The number of hydrogen-bond donors (Lipinski definition) is 2. The van der Waals surface area contributed by atoms with Gasteiger partial charge >= 0.3 is 0 Å². The highest BCUT2D eigenvalue weighted by atomic mass is 16.5. The molecule has 11 heteroatoms. The summed E-state index contributed by atoms with van der Waals surface area (Å²) in [6, 6.07) is 0.00511. The van der Waals surface area contributed by atoms with Gasteiger partial charge < -0.3 is 34.5 Å². The Bertz CT molecular complexity index is 744. The monoisotopic (exact) mass is 557 g/mol. The van der Waals surface area contributed by atoms with Gasteiger partial charge in [-0.1, -0.05) is 13.8 Å². The number of ether oxygens (including phenoxy) is 4. The van der Waals surface area contributed by atoms with Crippen LogP contribution in [0.15, 0.2) is 0 Å². The summed E-state index contributed by atoms with van der Waals surface area (Å²) >= 11 is 0. The first-order valence-corrected chi connectivity index (χ1v) is 14.3. The molecule has 0 aromatic rings. The molecule has 1 rings (SSSR count). The molecule has 1 fully saturated rings. The van der Waals surface area contributed by atoms with Crippen LogP contribution >= 0.6 is 0 Å². The van der Waals surface area contributed by atoms with Gasteiger partial charge in [0, 0.05) is 44.8 Å². The number of nitrogens with one attached hydrogen (secondary N) is 2. The summed E-state index contributed by atoms with van der Waals surface area (Å²) in [4.78, 5) is 49.9. The van der Waals surface area contributed by atoms with Crippen LogP contribution in [0.1, 0.15) is 73.6 Å². The lowest BCUT2D eigenvalue weighted by molar-refractivity contribution is -0.134. The topological polar surface area (TPSA) is 132 Å². The predicted octanol–water partition coefficient (Wildman–Crippen LogP) is 1.86. The summed E-state index contributed by atoms with van der Waals surface area (Å²) in [6.07, 6.45) is 2.29. The third kappa shape index (κ3) is 16.6. The first-order valence-electron chi connectivity index (χ1n) is 14.3. The number of ketones is 1. The first-order chi connectivity index (χ1) is 18.5. The van der Waals surface area contributed by atoms with Crippen molar-refractivity contribution in [1.82, 2.24) is 15.5 Å². The molecular formula is C28H51N3O8. The standard InChI is InChI=1S/C28H51N3O8/c1-20(2)25(32)9-10-26(33)30-12-13-36-14-15-37-19-27(34)29-11-7-8-28(35)31-17-24(39-22(5)6)16-23(31)18-38-21(3)4/h20-24H,7-19H2,1-6H3,(H,29,34)(H,30,33)/t23-,24+/m0/s1. The van der Waals surface area contributed by atoms with Crippen molar-refractivity contribution < 1.29 is 38.1 Å². The van der Waals surface area contributed by atoms with Crippen LogP contribution in [0.5, 0.6) is 0 Å². The number of rotatable bonds is 21. The molecule has 2 N–H and O–H groups in total. The van der Waals surface area contributed by atoms with Crippen molar-refractivity contribution >= 4 is 23.5 Å². The van der Waals surface area contributed by atoms with Gasteiger partial charge in [0.25, 0.3) is 0 Å². The summed E-state index contributed by atoms with van der Waals surface area (Å²) in [5.41, 5.74) is 0. The molecule has 39 heavy (non-hydrogen) atoms. The molecule has 1 aliphatic rings. The zero-order valence-electron chi connectivity index (χ0n) is 24.8. The van der Waals surface area contributed by atoms with Gasteiger partial charge in [-0.3, -0.25) is 19.2 Å². The number of Topliss-reactive ketones (excluding diaryl/α,β-unsaturated/α-hetero) is 1. The Hall–Kier alpha value is -2.08. The van der Waals surface area contributed by atoms with Crippen LogP contribution in [-0.4, -0.2) is 105 Å². The SMILES string of the molecule is CC(C)OC[C@@H]1C[C@@H](OC(C)C)CN1C(=O)CCCNC(=O)COCCOCCNC(=O)CCC(=O)C(C)C. The lowest BCUT2D eigenvalue weighted by Gasteiger charge is -2.25. The maximum atomic E-state index is 12.8. The lowest BCUT2D eigenvalue weighted by atomic mass is 10.0. The molecule has 3 amide bonds. The minimum absolute atomic E-state index is 0.00511. The molecular weight excluding hydrogens is 506 g/mol. The fraction of sp³-hybridized carbons (Fsp3) is 0.857. The molecule has 1 saturated heterocycles. The van der Waals surface area contributed by atoms with Crippen LogP contribution in [0, 0.1) is 5.92 Å². The van der Waals surface area contributed by atoms with Crippen molar-refractivity contribution in [2.75, 3.05) is 52.7 Å². The number of amides is 3. The Kier molecular flexibility index (Phi) is 17.8. The summed E-state index contributed by atoms with van der Waals surface area (Å²) in [6.45, 7) is 14.1. The van der Waals surface area contributed by atoms with Crippen LogP contribution < -0.4 is 10.6 Å². The molecule has 0 radical (unpaired) electrons. The molecule has 0 saturated carbocycles. The third-order valence-corrected chi connectivity index (χ3v) is 6.09. The van der Waals surface area contributed by atoms with Crippen molar-refractivity contribution in [3.05, 3.63) is 0 Å². The Balaban J connectivity index is 2.10. The highest BCUT2D eigenvalue weighted by molar-refractivity contribution is 5.85. The van der Waals surface area contributed by atoms with Gasteiger partial charge in [-0.25, -0.2) is 0 Å². The fourth-order valence-electron chi connectivity index (χ4n) is 4.05. The summed E-state index contributed by atoms with van der Waals surface area (Å²) in [5, 5.41) is 5.47. The average Bonchev–Trinajstić information content (AvgIpc) is 3.27.